The number of hydrogen-bond donors (Lipinski definition) is 1. The van der Waals surface area contributed by atoms with E-state index in [1.807, 2.05) is 11.3 Å². The van der Waals surface area contributed by atoms with Gasteiger partial charge in [0.25, 0.3) is 0 Å². The second-order valence-electron chi connectivity index (χ2n) is 7.70. The predicted octanol–water partition coefficient (Wildman–Crippen LogP) is 4.74. The molecule has 1 aromatic heterocycles. The molecule has 0 unspecified atom stereocenters. The van der Waals surface area contributed by atoms with Crippen LogP contribution in [0.15, 0.2) is 5.38 Å². The van der Waals surface area contributed by atoms with Gasteiger partial charge in [-0.25, -0.2) is 4.98 Å². The van der Waals surface area contributed by atoms with Crippen molar-refractivity contribution in [3.05, 3.63) is 16.1 Å². The van der Waals surface area contributed by atoms with Crippen molar-refractivity contribution in [2.75, 3.05) is 0 Å². The first-order valence-corrected chi connectivity index (χ1v) is 9.12. The normalized spacial score (nSPS) is 23.6. The maximum absolute atomic E-state index is 5.06. The standard InChI is InChI=1S/C17H28N2S/c1-16(2,3)14-12-20-15(18-14)17(19-13-8-9-13)10-6-4-5-7-11-17/h12-13,19H,4-11H2,1-3H3. The van der Waals surface area contributed by atoms with Crippen LogP contribution in [0.25, 0.3) is 0 Å². The maximum atomic E-state index is 5.06. The van der Waals surface area contributed by atoms with Crippen LogP contribution in [-0.2, 0) is 11.0 Å². The van der Waals surface area contributed by atoms with E-state index in [-0.39, 0.29) is 11.0 Å². The van der Waals surface area contributed by atoms with Crippen LogP contribution in [-0.4, -0.2) is 11.0 Å². The minimum absolute atomic E-state index is 0.167. The molecule has 3 rings (SSSR count). The summed E-state index contributed by atoms with van der Waals surface area (Å²) >= 11 is 1.89. The molecule has 2 aliphatic rings. The van der Waals surface area contributed by atoms with E-state index in [0.717, 1.165) is 6.04 Å². The molecule has 0 bridgehead atoms. The Kier molecular flexibility index (Phi) is 3.93. The van der Waals surface area contributed by atoms with Gasteiger partial charge in [-0.3, -0.25) is 0 Å². The molecular formula is C17H28N2S. The molecular weight excluding hydrogens is 264 g/mol. The van der Waals surface area contributed by atoms with Crippen molar-refractivity contribution < 1.29 is 0 Å². The Morgan fingerprint density at radius 2 is 1.80 bits per heavy atom. The molecule has 0 radical (unpaired) electrons. The zero-order valence-electron chi connectivity index (χ0n) is 13.2. The second kappa shape index (κ2) is 5.42. The molecule has 0 amide bonds. The molecule has 0 spiro atoms. The Hall–Kier alpha value is -0.410. The molecule has 0 aliphatic heterocycles. The zero-order valence-corrected chi connectivity index (χ0v) is 14.0. The number of nitrogens with zero attached hydrogens (tertiary/aromatic N) is 1. The average molecular weight is 292 g/mol. The van der Waals surface area contributed by atoms with Gasteiger partial charge in [0.1, 0.15) is 5.01 Å². The molecule has 0 atom stereocenters. The monoisotopic (exact) mass is 292 g/mol. The molecule has 0 aromatic carbocycles. The molecule has 1 aromatic rings. The minimum Gasteiger partial charge on any atom is -0.303 e. The van der Waals surface area contributed by atoms with E-state index in [1.165, 1.54) is 62.1 Å². The van der Waals surface area contributed by atoms with Gasteiger partial charge in [0, 0.05) is 16.8 Å². The Balaban J connectivity index is 1.89. The van der Waals surface area contributed by atoms with Gasteiger partial charge < -0.3 is 5.32 Å². The summed E-state index contributed by atoms with van der Waals surface area (Å²) in [5.74, 6) is 0. The molecule has 0 saturated heterocycles. The molecule has 2 fully saturated rings. The third-order valence-corrected chi connectivity index (χ3v) is 5.74. The van der Waals surface area contributed by atoms with Crippen molar-refractivity contribution in [1.82, 2.24) is 10.3 Å². The molecule has 2 saturated carbocycles. The zero-order chi connectivity index (χ0) is 14.2. The van der Waals surface area contributed by atoms with Crippen LogP contribution in [0.3, 0.4) is 0 Å². The van der Waals surface area contributed by atoms with Crippen LogP contribution in [0, 0.1) is 0 Å². The van der Waals surface area contributed by atoms with Crippen molar-refractivity contribution in [2.45, 2.75) is 89.1 Å². The Morgan fingerprint density at radius 1 is 1.15 bits per heavy atom. The average Bonchev–Trinajstić information content (AvgIpc) is 3.09. The van der Waals surface area contributed by atoms with Crippen molar-refractivity contribution in [2.24, 2.45) is 0 Å². The van der Waals surface area contributed by atoms with Crippen LogP contribution in [0.5, 0.6) is 0 Å². The number of rotatable bonds is 3. The second-order valence-corrected chi connectivity index (χ2v) is 8.56. The lowest BCUT2D eigenvalue weighted by Gasteiger charge is -2.32. The predicted molar refractivity (Wildman–Crippen MR) is 86.4 cm³/mol. The highest BCUT2D eigenvalue weighted by Crippen LogP contribution is 2.41. The third kappa shape index (κ3) is 3.09. The molecule has 1 heterocycles. The van der Waals surface area contributed by atoms with Crippen molar-refractivity contribution in [3.63, 3.8) is 0 Å². The number of aromatic nitrogens is 1. The lowest BCUT2D eigenvalue weighted by Crippen LogP contribution is -2.43. The van der Waals surface area contributed by atoms with E-state index in [1.54, 1.807) is 0 Å². The van der Waals surface area contributed by atoms with Gasteiger partial charge in [0.05, 0.1) is 11.2 Å². The van der Waals surface area contributed by atoms with Crippen LogP contribution in [0.1, 0.15) is 82.8 Å². The largest absolute Gasteiger partial charge is 0.303 e. The summed E-state index contributed by atoms with van der Waals surface area (Å²) in [6.07, 6.45) is 10.8. The Bertz CT molecular complexity index is 446. The summed E-state index contributed by atoms with van der Waals surface area (Å²) in [6.45, 7) is 6.79. The summed E-state index contributed by atoms with van der Waals surface area (Å²) in [4.78, 5) is 5.06. The SMILES string of the molecule is CC(C)(C)c1csc(C2(NC3CC3)CCCCCC2)n1. The maximum Gasteiger partial charge on any atom is 0.113 e. The summed E-state index contributed by atoms with van der Waals surface area (Å²) in [7, 11) is 0. The van der Waals surface area contributed by atoms with Gasteiger partial charge in [0.2, 0.25) is 0 Å². The van der Waals surface area contributed by atoms with Crippen LogP contribution in [0.2, 0.25) is 0 Å². The summed E-state index contributed by atoms with van der Waals surface area (Å²) in [5.41, 5.74) is 1.62. The van der Waals surface area contributed by atoms with Crippen LogP contribution < -0.4 is 5.32 Å². The molecule has 3 heteroatoms. The number of nitrogens with one attached hydrogen (secondary N) is 1. The number of thiazole rings is 1. The Labute approximate surface area is 127 Å². The van der Waals surface area contributed by atoms with Crippen molar-refractivity contribution >= 4 is 11.3 Å². The van der Waals surface area contributed by atoms with Gasteiger partial charge in [-0.2, -0.15) is 0 Å². The van der Waals surface area contributed by atoms with Gasteiger partial charge in [-0.05, 0) is 25.7 Å². The summed E-state index contributed by atoms with van der Waals surface area (Å²) < 4.78 is 0. The quantitative estimate of drug-likeness (QED) is 0.814. The Morgan fingerprint density at radius 3 is 2.30 bits per heavy atom. The van der Waals surface area contributed by atoms with Crippen molar-refractivity contribution in [1.29, 1.82) is 0 Å². The summed E-state index contributed by atoms with van der Waals surface area (Å²) in [5, 5.41) is 7.62. The number of hydrogen-bond acceptors (Lipinski definition) is 3. The molecule has 1 N–H and O–H groups in total. The van der Waals surface area contributed by atoms with Gasteiger partial charge in [-0.15, -0.1) is 11.3 Å². The first kappa shape index (κ1) is 14.5. The van der Waals surface area contributed by atoms with E-state index in [0.29, 0.717) is 0 Å². The van der Waals surface area contributed by atoms with E-state index in [2.05, 4.69) is 31.5 Å². The molecule has 2 nitrogen and oxygen atoms in total. The smallest absolute Gasteiger partial charge is 0.113 e. The van der Waals surface area contributed by atoms with E-state index >= 15 is 0 Å². The lowest BCUT2D eigenvalue weighted by molar-refractivity contribution is 0.284. The van der Waals surface area contributed by atoms with Crippen LogP contribution >= 0.6 is 11.3 Å². The van der Waals surface area contributed by atoms with Crippen LogP contribution in [0.4, 0.5) is 0 Å². The van der Waals surface area contributed by atoms with Gasteiger partial charge >= 0.3 is 0 Å². The first-order chi connectivity index (χ1) is 9.50. The van der Waals surface area contributed by atoms with E-state index in [9.17, 15) is 0 Å². The highest BCUT2D eigenvalue weighted by atomic mass is 32.1. The third-order valence-electron chi connectivity index (χ3n) is 4.70. The highest BCUT2D eigenvalue weighted by Gasteiger charge is 2.40. The summed E-state index contributed by atoms with van der Waals surface area (Å²) in [6, 6.07) is 0.759. The first-order valence-electron chi connectivity index (χ1n) is 8.24. The topological polar surface area (TPSA) is 24.9 Å². The molecule has 112 valence electrons. The highest BCUT2D eigenvalue weighted by molar-refractivity contribution is 7.09. The van der Waals surface area contributed by atoms with E-state index in [4.69, 9.17) is 4.98 Å². The molecule has 20 heavy (non-hydrogen) atoms. The van der Waals surface area contributed by atoms with E-state index < -0.39 is 0 Å². The van der Waals surface area contributed by atoms with Crippen molar-refractivity contribution in [3.8, 4) is 0 Å². The fourth-order valence-corrected chi connectivity index (χ4v) is 4.48. The van der Waals surface area contributed by atoms with Gasteiger partial charge in [0.15, 0.2) is 0 Å². The molecule has 2 aliphatic carbocycles. The fraction of sp³-hybridized carbons (Fsp3) is 0.824. The lowest BCUT2D eigenvalue weighted by atomic mass is 9.89. The fourth-order valence-electron chi connectivity index (χ4n) is 3.21. The minimum atomic E-state index is 0.167. The van der Waals surface area contributed by atoms with Gasteiger partial charge in [-0.1, -0.05) is 46.5 Å².